The molecule has 4 heteroatoms. The summed E-state index contributed by atoms with van der Waals surface area (Å²) in [6.07, 6.45) is 5.11. The van der Waals surface area contributed by atoms with Crippen LogP contribution < -0.4 is 0 Å². The van der Waals surface area contributed by atoms with Gasteiger partial charge < -0.3 is 9.47 Å². The van der Waals surface area contributed by atoms with Crippen molar-refractivity contribution in [2.75, 3.05) is 13.2 Å². The molecule has 1 fully saturated rings. The summed E-state index contributed by atoms with van der Waals surface area (Å²) in [6, 6.07) is 0. The van der Waals surface area contributed by atoms with E-state index in [4.69, 9.17) is 9.47 Å². The first-order valence-corrected chi connectivity index (χ1v) is 8.34. The number of hydrogen-bond acceptors (Lipinski definition) is 4. The summed E-state index contributed by atoms with van der Waals surface area (Å²) in [5.74, 6) is -1.01. The predicted molar refractivity (Wildman–Crippen MR) is 82.0 cm³/mol. The van der Waals surface area contributed by atoms with Gasteiger partial charge in [0, 0.05) is 6.61 Å². The Labute approximate surface area is 128 Å². The number of Topliss-reactive ketones (excluding diaryl/α,β-unsaturated/α-hetero) is 1. The van der Waals surface area contributed by atoms with E-state index in [1.165, 1.54) is 6.42 Å². The number of carbonyl (C=O) groups excluding carboxylic acids is 2. The predicted octanol–water partition coefficient (Wildman–Crippen LogP) is 3.38. The summed E-state index contributed by atoms with van der Waals surface area (Å²) >= 11 is 0. The van der Waals surface area contributed by atoms with Gasteiger partial charge in [-0.25, -0.2) is 0 Å². The SMILES string of the molecule is CCOC(=O)C(C(=O)C(OCC)C1CCCCC1)C(C)C. The molecule has 0 saturated heterocycles. The molecule has 1 rings (SSSR count). The number of rotatable bonds is 8. The standard InChI is InChI=1S/C17H30O4/c1-5-20-16(13-10-8-7-9-11-13)15(18)14(12(3)4)17(19)21-6-2/h12-14,16H,5-11H2,1-4H3. The molecule has 1 aliphatic carbocycles. The molecule has 0 aromatic carbocycles. The van der Waals surface area contributed by atoms with Crippen molar-refractivity contribution in [2.45, 2.75) is 65.9 Å². The van der Waals surface area contributed by atoms with Gasteiger partial charge in [-0.05, 0) is 38.5 Å². The van der Waals surface area contributed by atoms with Gasteiger partial charge in [-0.15, -0.1) is 0 Å². The van der Waals surface area contributed by atoms with E-state index in [-0.39, 0.29) is 17.6 Å². The fourth-order valence-corrected chi connectivity index (χ4v) is 3.19. The highest BCUT2D eigenvalue weighted by atomic mass is 16.5. The third kappa shape index (κ3) is 5.10. The number of ketones is 1. The Morgan fingerprint density at radius 1 is 1.05 bits per heavy atom. The van der Waals surface area contributed by atoms with Crippen LogP contribution in [0.4, 0.5) is 0 Å². The van der Waals surface area contributed by atoms with Crippen molar-refractivity contribution in [3.8, 4) is 0 Å². The van der Waals surface area contributed by atoms with Crippen LogP contribution in [0.1, 0.15) is 59.8 Å². The average molecular weight is 298 g/mol. The topological polar surface area (TPSA) is 52.6 Å². The molecule has 0 aromatic heterocycles. The molecule has 1 aliphatic rings. The number of ether oxygens (including phenoxy) is 2. The van der Waals surface area contributed by atoms with Gasteiger partial charge in [0.15, 0.2) is 5.78 Å². The molecule has 0 bridgehead atoms. The third-order valence-electron chi connectivity index (χ3n) is 4.22. The van der Waals surface area contributed by atoms with Crippen molar-refractivity contribution < 1.29 is 19.1 Å². The Morgan fingerprint density at radius 3 is 2.14 bits per heavy atom. The summed E-state index contributed by atoms with van der Waals surface area (Å²) in [5, 5.41) is 0. The quantitative estimate of drug-likeness (QED) is 0.509. The Kier molecular flexibility index (Phi) is 7.94. The molecule has 0 aromatic rings. The molecular weight excluding hydrogens is 268 g/mol. The first kappa shape index (κ1) is 18.1. The minimum Gasteiger partial charge on any atom is -0.465 e. The van der Waals surface area contributed by atoms with E-state index in [0.717, 1.165) is 25.7 Å². The maximum atomic E-state index is 12.9. The molecular formula is C17H30O4. The van der Waals surface area contributed by atoms with Gasteiger partial charge in [-0.2, -0.15) is 0 Å². The van der Waals surface area contributed by atoms with Crippen molar-refractivity contribution in [3.05, 3.63) is 0 Å². The maximum Gasteiger partial charge on any atom is 0.316 e. The van der Waals surface area contributed by atoms with Crippen molar-refractivity contribution >= 4 is 11.8 Å². The van der Waals surface area contributed by atoms with E-state index >= 15 is 0 Å². The smallest absolute Gasteiger partial charge is 0.316 e. The van der Waals surface area contributed by atoms with Gasteiger partial charge in [0.05, 0.1) is 6.61 Å². The normalized spacial score (nSPS) is 19.3. The van der Waals surface area contributed by atoms with E-state index in [1.807, 2.05) is 20.8 Å². The van der Waals surface area contributed by atoms with Gasteiger partial charge in [-0.3, -0.25) is 9.59 Å². The van der Waals surface area contributed by atoms with Crippen molar-refractivity contribution in [1.29, 1.82) is 0 Å². The fourth-order valence-electron chi connectivity index (χ4n) is 3.19. The minimum atomic E-state index is -0.705. The van der Waals surface area contributed by atoms with E-state index < -0.39 is 18.0 Å². The van der Waals surface area contributed by atoms with Crippen LogP contribution in [0.15, 0.2) is 0 Å². The number of carbonyl (C=O) groups is 2. The Morgan fingerprint density at radius 2 is 1.67 bits per heavy atom. The Hall–Kier alpha value is -0.900. The van der Waals surface area contributed by atoms with E-state index in [1.54, 1.807) is 6.92 Å². The lowest BCUT2D eigenvalue weighted by molar-refractivity contribution is -0.158. The third-order valence-corrected chi connectivity index (χ3v) is 4.22. The van der Waals surface area contributed by atoms with Crippen LogP contribution >= 0.6 is 0 Å². The Balaban J connectivity index is 2.86. The van der Waals surface area contributed by atoms with Crippen molar-refractivity contribution in [3.63, 3.8) is 0 Å². The van der Waals surface area contributed by atoms with Crippen molar-refractivity contribution in [1.82, 2.24) is 0 Å². The summed E-state index contributed by atoms with van der Waals surface area (Å²) in [7, 11) is 0. The highest BCUT2D eigenvalue weighted by molar-refractivity contribution is 6.01. The van der Waals surface area contributed by atoms with Gasteiger partial charge in [0.1, 0.15) is 12.0 Å². The van der Waals surface area contributed by atoms with Gasteiger partial charge in [-0.1, -0.05) is 33.1 Å². The van der Waals surface area contributed by atoms with Crippen LogP contribution in [0.5, 0.6) is 0 Å². The molecule has 0 amide bonds. The zero-order chi connectivity index (χ0) is 15.8. The van der Waals surface area contributed by atoms with Crippen molar-refractivity contribution in [2.24, 2.45) is 17.8 Å². The van der Waals surface area contributed by atoms with Crippen LogP contribution in [-0.2, 0) is 19.1 Å². The van der Waals surface area contributed by atoms with Crippen LogP contribution in [0.3, 0.4) is 0 Å². The molecule has 0 aliphatic heterocycles. The van der Waals surface area contributed by atoms with Crippen LogP contribution in [-0.4, -0.2) is 31.1 Å². The number of esters is 1. The molecule has 2 unspecified atom stereocenters. The average Bonchev–Trinajstić information content (AvgIpc) is 2.45. The zero-order valence-corrected chi connectivity index (χ0v) is 13.9. The molecule has 0 radical (unpaired) electrons. The fraction of sp³-hybridized carbons (Fsp3) is 0.882. The lowest BCUT2D eigenvalue weighted by atomic mass is 9.79. The Bertz CT molecular complexity index is 332. The maximum absolute atomic E-state index is 12.9. The van der Waals surface area contributed by atoms with E-state index in [2.05, 4.69) is 0 Å². The molecule has 2 atom stereocenters. The van der Waals surface area contributed by atoms with Crippen LogP contribution in [0, 0.1) is 17.8 Å². The molecule has 0 N–H and O–H groups in total. The first-order chi connectivity index (χ1) is 10.0. The van der Waals surface area contributed by atoms with Gasteiger partial charge in [0.2, 0.25) is 0 Å². The summed E-state index contributed by atoms with van der Waals surface area (Å²) in [5.41, 5.74) is 0. The highest BCUT2D eigenvalue weighted by Crippen LogP contribution is 2.31. The lowest BCUT2D eigenvalue weighted by Gasteiger charge is -2.31. The summed E-state index contributed by atoms with van der Waals surface area (Å²) in [4.78, 5) is 25.0. The second-order valence-electron chi connectivity index (χ2n) is 6.15. The summed E-state index contributed by atoms with van der Waals surface area (Å²) in [6.45, 7) is 8.25. The first-order valence-electron chi connectivity index (χ1n) is 8.34. The summed E-state index contributed by atoms with van der Waals surface area (Å²) < 4.78 is 10.8. The van der Waals surface area contributed by atoms with E-state index in [9.17, 15) is 9.59 Å². The molecule has 0 heterocycles. The highest BCUT2D eigenvalue weighted by Gasteiger charge is 2.39. The van der Waals surface area contributed by atoms with Gasteiger partial charge in [0.25, 0.3) is 0 Å². The zero-order valence-electron chi connectivity index (χ0n) is 13.9. The van der Waals surface area contributed by atoms with E-state index in [0.29, 0.717) is 13.2 Å². The molecule has 1 saturated carbocycles. The van der Waals surface area contributed by atoms with Crippen LogP contribution in [0.2, 0.25) is 0 Å². The van der Waals surface area contributed by atoms with Crippen LogP contribution in [0.25, 0.3) is 0 Å². The largest absolute Gasteiger partial charge is 0.465 e. The van der Waals surface area contributed by atoms with Gasteiger partial charge >= 0.3 is 5.97 Å². The lowest BCUT2D eigenvalue weighted by Crippen LogP contribution is -2.43. The molecule has 122 valence electrons. The second kappa shape index (κ2) is 9.19. The second-order valence-corrected chi connectivity index (χ2v) is 6.15. The molecule has 4 nitrogen and oxygen atoms in total. The molecule has 21 heavy (non-hydrogen) atoms. The monoisotopic (exact) mass is 298 g/mol. The minimum absolute atomic E-state index is 0.0666. The number of hydrogen-bond donors (Lipinski definition) is 0. The molecule has 0 spiro atoms.